The van der Waals surface area contributed by atoms with Crippen LogP contribution in [0.15, 0.2) is 76.3 Å². The van der Waals surface area contributed by atoms with E-state index in [0.717, 1.165) is 27.9 Å². The number of aliphatic imine (C=N–C) groups is 1. The maximum atomic E-state index is 11.6. The minimum absolute atomic E-state index is 0.192. The first kappa shape index (κ1) is 18.6. The number of hydrogen-bond donors (Lipinski definition) is 0. The molecule has 2 aromatic heterocycles. The number of carbonyl (C=O) groups excluding carboxylic acids is 1. The molecule has 0 aliphatic carbocycles. The maximum Gasteiger partial charge on any atom is 0.373 e. The molecule has 0 radical (unpaired) electrons. The van der Waals surface area contributed by atoms with Gasteiger partial charge in [0.2, 0.25) is 5.76 Å². The fourth-order valence-electron chi connectivity index (χ4n) is 3.23. The Morgan fingerprint density at radius 3 is 2.69 bits per heavy atom. The summed E-state index contributed by atoms with van der Waals surface area (Å²) in [4.78, 5) is 16.2. The van der Waals surface area contributed by atoms with Crippen LogP contribution >= 0.6 is 0 Å². The van der Waals surface area contributed by atoms with Gasteiger partial charge in [0.05, 0.1) is 20.8 Å². The third-order valence-corrected chi connectivity index (χ3v) is 4.62. The zero-order valence-corrected chi connectivity index (χ0v) is 16.2. The third-order valence-electron chi connectivity index (χ3n) is 4.62. The van der Waals surface area contributed by atoms with E-state index in [-0.39, 0.29) is 5.76 Å². The van der Waals surface area contributed by atoms with Crippen LogP contribution in [-0.2, 0) is 11.3 Å². The highest BCUT2D eigenvalue weighted by molar-refractivity contribution is 6.00. The van der Waals surface area contributed by atoms with Crippen molar-refractivity contribution in [3.8, 4) is 5.75 Å². The van der Waals surface area contributed by atoms with Crippen molar-refractivity contribution in [3.05, 3.63) is 83.9 Å². The highest BCUT2D eigenvalue weighted by Gasteiger charge is 2.13. The molecule has 6 heteroatoms. The van der Waals surface area contributed by atoms with Crippen molar-refractivity contribution in [1.29, 1.82) is 0 Å². The van der Waals surface area contributed by atoms with Gasteiger partial charge in [0.25, 0.3) is 0 Å². The van der Waals surface area contributed by atoms with Crippen LogP contribution in [0, 0.1) is 0 Å². The first-order chi connectivity index (χ1) is 14.2. The smallest absolute Gasteiger partial charge is 0.373 e. The number of hydrogen-bond acceptors (Lipinski definition) is 5. The van der Waals surface area contributed by atoms with Crippen molar-refractivity contribution in [3.63, 3.8) is 0 Å². The van der Waals surface area contributed by atoms with Gasteiger partial charge in [-0.25, -0.2) is 4.79 Å². The SMILES string of the molecule is COC(=O)c1ccc(Cn2cc(C=Nc3ccccc3OC)c3ccccc32)o1. The van der Waals surface area contributed by atoms with E-state index in [1.807, 2.05) is 54.9 Å². The molecule has 6 nitrogen and oxygen atoms in total. The van der Waals surface area contributed by atoms with Crippen LogP contribution in [0.4, 0.5) is 5.69 Å². The van der Waals surface area contributed by atoms with Crippen LogP contribution in [-0.4, -0.2) is 31.0 Å². The lowest BCUT2D eigenvalue weighted by Crippen LogP contribution is -1.99. The quantitative estimate of drug-likeness (QED) is 0.351. The number of esters is 1. The molecule has 0 spiro atoms. The van der Waals surface area contributed by atoms with Crippen LogP contribution < -0.4 is 4.74 Å². The average molecular weight is 388 g/mol. The van der Waals surface area contributed by atoms with Crippen LogP contribution in [0.1, 0.15) is 21.9 Å². The van der Waals surface area contributed by atoms with Gasteiger partial charge < -0.3 is 18.5 Å². The number of methoxy groups -OCH3 is 2. The lowest BCUT2D eigenvalue weighted by Gasteiger charge is -2.02. The molecule has 4 rings (SSSR count). The number of carbonyl (C=O) groups is 1. The van der Waals surface area contributed by atoms with Gasteiger partial charge in [-0.3, -0.25) is 4.99 Å². The molecule has 0 atom stereocenters. The van der Waals surface area contributed by atoms with Crippen molar-refractivity contribution < 1.29 is 18.7 Å². The number of nitrogens with zero attached hydrogens (tertiary/aromatic N) is 2. The van der Waals surface area contributed by atoms with Gasteiger partial charge in [0.1, 0.15) is 17.2 Å². The van der Waals surface area contributed by atoms with E-state index < -0.39 is 5.97 Å². The first-order valence-electron chi connectivity index (χ1n) is 9.11. The van der Waals surface area contributed by atoms with Crippen molar-refractivity contribution in [1.82, 2.24) is 4.57 Å². The monoisotopic (exact) mass is 388 g/mol. The van der Waals surface area contributed by atoms with Crippen molar-refractivity contribution >= 4 is 28.8 Å². The van der Waals surface area contributed by atoms with Gasteiger partial charge >= 0.3 is 5.97 Å². The van der Waals surface area contributed by atoms with E-state index >= 15 is 0 Å². The van der Waals surface area contributed by atoms with Gasteiger partial charge in [0.15, 0.2) is 0 Å². The van der Waals surface area contributed by atoms with Crippen LogP contribution in [0.5, 0.6) is 5.75 Å². The predicted molar refractivity (Wildman–Crippen MR) is 111 cm³/mol. The molecule has 0 amide bonds. The molecule has 2 heterocycles. The topological polar surface area (TPSA) is 66.0 Å². The molecule has 0 bridgehead atoms. The average Bonchev–Trinajstić information content (AvgIpc) is 3.37. The summed E-state index contributed by atoms with van der Waals surface area (Å²) >= 11 is 0. The zero-order valence-electron chi connectivity index (χ0n) is 16.2. The molecule has 0 N–H and O–H groups in total. The number of furan rings is 1. The Bertz CT molecular complexity index is 1190. The number of fused-ring (bicyclic) bond motifs is 1. The van der Waals surface area contributed by atoms with Crippen molar-refractivity contribution in [2.45, 2.75) is 6.54 Å². The summed E-state index contributed by atoms with van der Waals surface area (Å²) in [7, 11) is 2.96. The Hall–Kier alpha value is -3.80. The number of para-hydroxylation sites is 3. The third kappa shape index (κ3) is 3.78. The van der Waals surface area contributed by atoms with E-state index in [1.54, 1.807) is 19.2 Å². The lowest BCUT2D eigenvalue weighted by molar-refractivity contribution is 0.0563. The molecule has 0 saturated heterocycles. The summed E-state index contributed by atoms with van der Waals surface area (Å²) in [5.74, 6) is 1.09. The van der Waals surface area contributed by atoms with Gasteiger partial charge in [-0.15, -0.1) is 0 Å². The van der Waals surface area contributed by atoms with E-state index in [2.05, 4.69) is 15.6 Å². The first-order valence-corrected chi connectivity index (χ1v) is 9.11. The summed E-state index contributed by atoms with van der Waals surface area (Å²) < 4.78 is 17.7. The van der Waals surface area contributed by atoms with Crippen LogP contribution in [0.3, 0.4) is 0 Å². The molecule has 2 aromatic carbocycles. The molecule has 0 fully saturated rings. The van der Waals surface area contributed by atoms with Gasteiger partial charge in [-0.1, -0.05) is 30.3 Å². The predicted octanol–water partition coefficient (Wildman–Crippen LogP) is 4.83. The van der Waals surface area contributed by atoms with E-state index in [0.29, 0.717) is 12.3 Å². The second kappa shape index (κ2) is 8.06. The number of aromatic nitrogens is 1. The molecule has 4 aromatic rings. The molecule has 0 aliphatic rings. The fraction of sp³-hybridized carbons (Fsp3) is 0.130. The molecule has 0 aliphatic heterocycles. The second-order valence-electron chi connectivity index (χ2n) is 6.42. The summed E-state index contributed by atoms with van der Waals surface area (Å²) in [6.07, 6.45) is 3.85. The molecular weight excluding hydrogens is 368 g/mol. The molecule has 146 valence electrons. The Morgan fingerprint density at radius 1 is 1.07 bits per heavy atom. The molecule has 0 unspecified atom stereocenters. The fourth-order valence-corrected chi connectivity index (χ4v) is 3.23. The van der Waals surface area contributed by atoms with Gasteiger partial charge in [0, 0.05) is 28.9 Å². The van der Waals surface area contributed by atoms with E-state index in [4.69, 9.17) is 13.9 Å². The highest BCUT2D eigenvalue weighted by Crippen LogP contribution is 2.27. The second-order valence-corrected chi connectivity index (χ2v) is 6.42. The Morgan fingerprint density at radius 2 is 1.86 bits per heavy atom. The molecular formula is C23H20N2O4. The lowest BCUT2D eigenvalue weighted by atomic mass is 10.2. The van der Waals surface area contributed by atoms with Crippen molar-refractivity contribution in [2.24, 2.45) is 4.99 Å². The van der Waals surface area contributed by atoms with Gasteiger partial charge in [-0.2, -0.15) is 0 Å². The summed E-state index contributed by atoms with van der Waals surface area (Å²) in [6.45, 7) is 0.486. The van der Waals surface area contributed by atoms with Crippen LogP contribution in [0.25, 0.3) is 10.9 Å². The van der Waals surface area contributed by atoms with Gasteiger partial charge in [-0.05, 0) is 30.3 Å². The summed E-state index contributed by atoms with van der Waals surface area (Å²) in [5.41, 5.74) is 2.79. The standard InChI is InChI=1S/C23H20N2O4/c1-27-21-10-6-4-8-19(21)24-13-16-14-25(20-9-5-3-7-18(16)20)15-17-11-12-22(29-17)23(26)28-2/h3-14H,15H2,1-2H3. The number of ether oxygens (including phenoxy) is 2. The largest absolute Gasteiger partial charge is 0.494 e. The van der Waals surface area contributed by atoms with E-state index in [1.165, 1.54) is 7.11 Å². The Kier molecular flexibility index (Phi) is 5.16. The number of rotatable bonds is 6. The minimum atomic E-state index is -0.488. The summed E-state index contributed by atoms with van der Waals surface area (Å²) in [5, 5.41) is 1.07. The Labute approximate surface area is 168 Å². The Balaban J connectivity index is 1.67. The number of benzene rings is 2. The normalized spacial score (nSPS) is 11.2. The molecule has 29 heavy (non-hydrogen) atoms. The summed E-state index contributed by atoms with van der Waals surface area (Å²) in [6, 6.07) is 19.1. The van der Waals surface area contributed by atoms with E-state index in [9.17, 15) is 4.79 Å². The maximum absolute atomic E-state index is 11.6. The minimum Gasteiger partial charge on any atom is -0.494 e. The highest BCUT2D eigenvalue weighted by atomic mass is 16.5. The van der Waals surface area contributed by atoms with Crippen molar-refractivity contribution in [2.75, 3.05) is 14.2 Å². The molecule has 0 saturated carbocycles. The zero-order chi connectivity index (χ0) is 20.2. The van der Waals surface area contributed by atoms with Crippen LogP contribution in [0.2, 0.25) is 0 Å².